The van der Waals surface area contributed by atoms with Crippen molar-refractivity contribution in [2.24, 2.45) is 5.92 Å². The van der Waals surface area contributed by atoms with Gasteiger partial charge >= 0.3 is 5.69 Å². The molecule has 4 N–H and O–H groups in total. The average Bonchev–Trinajstić information content (AvgIpc) is 2.33. The molecule has 1 aromatic rings. The molecule has 6 nitrogen and oxygen atoms in total. The summed E-state index contributed by atoms with van der Waals surface area (Å²) in [6, 6.07) is 0.121. The fourth-order valence-electron chi connectivity index (χ4n) is 2.28. The van der Waals surface area contributed by atoms with Crippen LogP contribution < -0.4 is 22.3 Å². The summed E-state index contributed by atoms with van der Waals surface area (Å²) in [6.45, 7) is 8.80. The van der Waals surface area contributed by atoms with Crippen molar-refractivity contribution >= 4 is 11.5 Å². The quantitative estimate of drug-likeness (QED) is 0.710. The van der Waals surface area contributed by atoms with Gasteiger partial charge in [0.2, 0.25) is 0 Å². The van der Waals surface area contributed by atoms with E-state index in [1.807, 2.05) is 13.8 Å². The number of nitrogen functional groups attached to an aromatic ring is 1. The lowest BCUT2D eigenvalue weighted by molar-refractivity contribution is 0.538. The molecule has 1 atom stereocenters. The van der Waals surface area contributed by atoms with Crippen LogP contribution in [0.5, 0.6) is 0 Å². The standard InChI is InChI=1S/C14H26N4O2/c1-5-6-7-18-12(15)11(13(19)17-14(18)20)16-10(4)8-9(2)3/h9-10,16H,5-8,15H2,1-4H3,(H,17,19,20). The van der Waals surface area contributed by atoms with Crippen molar-refractivity contribution in [1.82, 2.24) is 9.55 Å². The topological polar surface area (TPSA) is 92.9 Å². The molecule has 0 aromatic carbocycles. The number of H-pyrrole nitrogens is 1. The Morgan fingerprint density at radius 3 is 2.50 bits per heavy atom. The molecule has 0 radical (unpaired) electrons. The molecule has 1 heterocycles. The van der Waals surface area contributed by atoms with Gasteiger partial charge in [-0.05, 0) is 25.7 Å². The first-order valence-corrected chi connectivity index (χ1v) is 7.25. The van der Waals surface area contributed by atoms with Gasteiger partial charge in [0.15, 0.2) is 0 Å². The molecule has 1 rings (SSSR count). The van der Waals surface area contributed by atoms with E-state index < -0.39 is 11.2 Å². The molecule has 0 aliphatic heterocycles. The Bertz CT molecular complexity index is 545. The van der Waals surface area contributed by atoms with Crippen LogP contribution in [0.25, 0.3) is 0 Å². The van der Waals surface area contributed by atoms with E-state index in [9.17, 15) is 9.59 Å². The summed E-state index contributed by atoms with van der Waals surface area (Å²) >= 11 is 0. The minimum Gasteiger partial charge on any atom is -0.383 e. The zero-order valence-electron chi connectivity index (χ0n) is 12.8. The van der Waals surface area contributed by atoms with Crippen molar-refractivity contribution in [1.29, 1.82) is 0 Å². The maximum absolute atomic E-state index is 11.9. The van der Waals surface area contributed by atoms with Crippen molar-refractivity contribution in [3.63, 3.8) is 0 Å². The Labute approximate surface area is 119 Å². The van der Waals surface area contributed by atoms with Crippen molar-refractivity contribution in [2.45, 2.75) is 59.5 Å². The Morgan fingerprint density at radius 2 is 1.95 bits per heavy atom. The number of nitrogens with one attached hydrogen (secondary N) is 2. The molecular formula is C14H26N4O2. The zero-order chi connectivity index (χ0) is 15.3. The third kappa shape index (κ3) is 4.15. The molecule has 0 saturated carbocycles. The number of rotatable bonds is 7. The van der Waals surface area contributed by atoms with Crippen LogP contribution in [-0.2, 0) is 6.54 Å². The summed E-state index contributed by atoms with van der Waals surface area (Å²) in [5, 5.41) is 3.13. The lowest BCUT2D eigenvalue weighted by atomic mass is 10.1. The molecule has 1 aromatic heterocycles. The van der Waals surface area contributed by atoms with E-state index in [4.69, 9.17) is 5.73 Å². The van der Waals surface area contributed by atoms with Gasteiger partial charge in [0.05, 0.1) is 0 Å². The van der Waals surface area contributed by atoms with Crippen molar-refractivity contribution in [2.75, 3.05) is 11.1 Å². The number of hydrogen-bond donors (Lipinski definition) is 3. The van der Waals surface area contributed by atoms with Gasteiger partial charge in [0.25, 0.3) is 5.56 Å². The van der Waals surface area contributed by atoms with E-state index in [-0.39, 0.29) is 11.9 Å². The number of anilines is 2. The Morgan fingerprint density at radius 1 is 1.30 bits per heavy atom. The summed E-state index contributed by atoms with van der Waals surface area (Å²) < 4.78 is 1.43. The fraction of sp³-hybridized carbons (Fsp3) is 0.714. The van der Waals surface area contributed by atoms with Gasteiger partial charge in [0.1, 0.15) is 11.5 Å². The Balaban J connectivity index is 3.07. The van der Waals surface area contributed by atoms with E-state index in [2.05, 4.69) is 24.1 Å². The van der Waals surface area contributed by atoms with Crippen molar-refractivity contribution in [3.8, 4) is 0 Å². The number of aromatic amines is 1. The molecule has 0 aliphatic rings. The van der Waals surface area contributed by atoms with Crippen LogP contribution in [0.1, 0.15) is 47.0 Å². The molecular weight excluding hydrogens is 256 g/mol. The maximum Gasteiger partial charge on any atom is 0.330 e. The first-order chi connectivity index (χ1) is 9.36. The van der Waals surface area contributed by atoms with E-state index in [1.54, 1.807) is 0 Å². The largest absolute Gasteiger partial charge is 0.383 e. The van der Waals surface area contributed by atoms with E-state index in [0.29, 0.717) is 18.2 Å². The second-order valence-corrected chi connectivity index (χ2v) is 5.70. The highest BCUT2D eigenvalue weighted by molar-refractivity contribution is 5.60. The Hall–Kier alpha value is -1.72. The minimum atomic E-state index is -0.448. The molecule has 0 aliphatic carbocycles. The first-order valence-electron chi connectivity index (χ1n) is 7.25. The van der Waals surface area contributed by atoms with Crippen LogP contribution in [0.15, 0.2) is 9.59 Å². The van der Waals surface area contributed by atoms with E-state index in [0.717, 1.165) is 19.3 Å². The zero-order valence-corrected chi connectivity index (χ0v) is 12.8. The molecule has 0 amide bonds. The highest BCUT2D eigenvalue weighted by Crippen LogP contribution is 2.15. The predicted molar refractivity (Wildman–Crippen MR) is 83.2 cm³/mol. The second kappa shape index (κ2) is 7.17. The second-order valence-electron chi connectivity index (χ2n) is 5.70. The highest BCUT2D eigenvalue weighted by Gasteiger charge is 2.14. The normalized spacial score (nSPS) is 12.7. The average molecular weight is 282 g/mol. The summed E-state index contributed by atoms with van der Waals surface area (Å²) in [5.41, 5.74) is 5.40. The molecule has 20 heavy (non-hydrogen) atoms. The van der Waals surface area contributed by atoms with Gasteiger partial charge in [-0.1, -0.05) is 27.2 Å². The number of aromatic nitrogens is 2. The third-order valence-electron chi connectivity index (χ3n) is 3.19. The first kappa shape index (κ1) is 16.3. The SMILES string of the molecule is CCCCn1c(N)c(NC(C)CC(C)C)c(=O)[nH]c1=O. The van der Waals surface area contributed by atoms with Crippen LogP contribution in [0, 0.1) is 5.92 Å². The molecule has 0 bridgehead atoms. The molecule has 0 fully saturated rings. The molecule has 0 saturated heterocycles. The number of nitrogens with two attached hydrogens (primary N) is 1. The molecule has 1 unspecified atom stereocenters. The lowest BCUT2D eigenvalue weighted by Crippen LogP contribution is -2.35. The highest BCUT2D eigenvalue weighted by atomic mass is 16.2. The minimum absolute atomic E-state index is 0.121. The summed E-state index contributed by atoms with van der Waals surface area (Å²) in [5.74, 6) is 0.742. The van der Waals surface area contributed by atoms with Crippen LogP contribution in [-0.4, -0.2) is 15.6 Å². The van der Waals surface area contributed by atoms with Gasteiger partial charge in [0, 0.05) is 12.6 Å². The fourth-order valence-corrected chi connectivity index (χ4v) is 2.28. The van der Waals surface area contributed by atoms with Crippen molar-refractivity contribution < 1.29 is 0 Å². The summed E-state index contributed by atoms with van der Waals surface area (Å²) in [4.78, 5) is 26.0. The lowest BCUT2D eigenvalue weighted by Gasteiger charge is -2.19. The van der Waals surface area contributed by atoms with E-state index in [1.165, 1.54) is 4.57 Å². The molecule has 114 valence electrons. The van der Waals surface area contributed by atoms with Gasteiger partial charge in [-0.3, -0.25) is 14.3 Å². The number of unbranched alkanes of at least 4 members (excludes halogenated alkanes) is 1. The number of hydrogen-bond acceptors (Lipinski definition) is 4. The smallest absolute Gasteiger partial charge is 0.330 e. The van der Waals surface area contributed by atoms with Gasteiger partial charge < -0.3 is 11.1 Å². The van der Waals surface area contributed by atoms with Crippen LogP contribution >= 0.6 is 0 Å². The van der Waals surface area contributed by atoms with Crippen LogP contribution in [0.3, 0.4) is 0 Å². The van der Waals surface area contributed by atoms with Gasteiger partial charge in [-0.2, -0.15) is 0 Å². The molecule has 6 heteroatoms. The molecule has 0 spiro atoms. The summed E-state index contributed by atoms with van der Waals surface area (Å²) in [7, 11) is 0. The third-order valence-corrected chi connectivity index (χ3v) is 3.19. The van der Waals surface area contributed by atoms with E-state index >= 15 is 0 Å². The number of nitrogens with zero attached hydrogens (tertiary/aromatic N) is 1. The van der Waals surface area contributed by atoms with Gasteiger partial charge in [-0.25, -0.2) is 4.79 Å². The van der Waals surface area contributed by atoms with Gasteiger partial charge in [-0.15, -0.1) is 0 Å². The van der Waals surface area contributed by atoms with Crippen LogP contribution in [0.2, 0.25) is 0 Å². The van der Waals surface area contributed by atoms with Crippen LogP contribution in [0.4, 0.5) is 11.5 Å². The summed E-state index contributed by atoms with van der Waals surface area (Å²) in [6.07, 6.45) is 2.72. The van der Waals surface area contributed by atoms with Crippen molar-refractivity contribution in [3.05, 3.63) is 20.8 Å². The Kier molecular flexibility index (Phi) is 5.85. The predicted octanol–water partition coefficient (Wildman–Crippen LogP) is 1.77. The maximum atomic E-state index is 11.9. The monoisotopic (exact) mass is 282 g/mol.